The Morgan fingerprint density at radius 3 is 2.94 bits per heavy atom. The SMILES string of the molecule is CCCC[NH2+]n1cc2c(c(C=O)c1=S)CCCC2. The summed E-state index contributed by atoms with van der Waals surface area (Å²) in [5.74, 6) is 0. The van der Waals surface area contributed by atoms with Crippen LogP contribution in [0.1, 0.15) is 54.1 Å². The summed E-state index contributed by atoms with van der Waals surface area (Å²) in [4.78, 5) is 11.3. The normalized spacial score (nSPS) is 14.3. The van der Waals surface area contributed by atoms with Crippen LogP contribution in [0.15, 0.2) is 6.20 Å². The maximum Gasteiger partial charge on any atom is 0.167 e. The fraction of sp³-hybridized carbons (Fsp3) is 0.571. The number of carbonyl (C=O) groups excluding carboxylic acids is 1. The molecule has 1 aromatic rings. The molecular weight excluding hydrogens is 244 g/mol. The quantitative estimate of drug-likeness (QED) is 0.383. The van der Waals surface area contributed by atoms with Crippen molar-refractivity contribution in [3.63, 3.8) is 0 Å². The molecule has 1 aliphatic carbocycles. The molecule has 18 heavy (non-hydrogen) atoms. The minimum atomic E-state index is 0.682. The molecular formula is C14H21N2OS+. The third-order valence-corrected chi connectivity index (χ3v) is 4.03. The van der Waals surface area contributed by atoms with Crippen LogP contribution in [0.25, 0.3) is 0 Å². The second-order valence-corrected chi connectivity index (χ2v) is 5.30. The number of nitrogens with zero attached hydrogens (tertiary/aromatic N) is 1. The predicted octanol–water partition coefficient (Wildman–Crippen LogP) is 2.04. The van der Waals surface area contributed by atoms with Gasteiger partial charge >= 0.3 is 0 Å². The Morgan fingerprint density at radius 2 is 2.22 bits per heavy atom. The number of hydrogen-bond donors (Lipinski definition) is 1. The molecule has 0 radical (unpaired) electrons. The van der Waals surface area contributed by atoms with Gasteiger partial charge in [0.1, 0.15) is 0 Å². The molecule has 1 aliphatic rings. The minimum absolute atomic E-state index is 0.682. The van der Waals surface area contributed by atoms with Gasteiger partial charge < -0.3 is 0 Å². The van der Waals surface area contributed by atoms with E-state index in [-0.39, 0.29) is 0 Å². The first-order valence-electron chi connectivity index (χ1n) is 6.83. The van der Waals surface area contributed by atoms with Crippen molar-refractivity contribution in [1.82, 2.24) is 4.68 Å². The zero-order valence-corrected chi connectivity index (χ0v) is 11.8. The Balaban J connectivity index is 2.36. The van der Waals surface area contributed by atoms with Crippen molar-refractivity contribution < 1.29 is 10.2 Å². The maximum absolute atomic E-state index is 11.3. The van der Waals surface area contributed by atoms with Gasteiger partial charge in [0.05, 0.1) is 18.3 Å². The van der Waals surface area contributed by atoms with Crippen molar-refractivity contribution >= 4 is 18.5 Å². The van der Waals surface area contributed by atoms with Crippen LogP contribution in [0.4, 0.5) is 0 Å². The molecule has 0 saturated heterocycles. The number of rotatable bonds is 5. The molecule has 98 valence electrons. The molecule has 0 bridgehead atoms. The molecule has 0 atom stereocenters. The number of nitrogens with two attached hydrogens (primary N) is 1. The van der Waals surface area contributed by atoms with E-state index >= 15 is 0 Å². The van der Waals surface area contributed by atoms with Crippen LogP contribution < -0.4 is 5.43 Å². The second kappa shape index (κ2) is 6.25. The summed E-state index contributed by atoms with van der Waals surface area (Å²) in [7, 11) is 0. The summed E-state index contributed by atoms with van der Waals surface area (Å²) in [6, 6.07) is 0. The Bertz CT molecular complexity index is 493. The summed E-state index contributed by atoms with van der Waals surface area (Å²) in [5, 5.41) is 0. The maximum atomic E-state index is 11.3. The molecule has 1 aromatic heterocycles. The van der Waals surface area contributed by atoms with Crippen molar-refractivity contribution in [2.45, 2.75) is 45.4 Å². The van der Waals surface area contributed by atoms with Crippen molar-refractivity contribution in [3.05, 3.63) is 27.5 Å². The summed E-state index contributed by atoms with van der Waals surface area (Å²) >= 11 is 5.43. The van der Waals surface area contributed by atoms with Gasteiger partial charge in [0.25, 0.3) is 0 Å². The van der Waals surface area contributed by atoms with Crippen LogP contribution in [0, 0.1) is 4.64 Å². The van der Waals surface area contributed by atoms with E-state index in [9.17, 15) is 4.79 Å². The van der Waals surface area contributed by atoms with Crippen molar-refractivity contribution in [2.75, 3.05) is 6.54 Å². The van der Waals surface area contributed by atoms with Gasteiger partial charge in [0, 0.05) is 0 Å². The smallest absolute Gasteiger partial charge is 0.167 e. The number of quaternary nitrogens is 1. The first-order chi connectivity index (χ1) is 8.77. The second-order valence-electron chi connectivity index (χ2n) is 4.91. The number of aromatic nitrogens is 1. The Hall–Kier alpha value is -1.00. The van der Waals surface area contributed by atoms with E-state index < -0.39 is 0 Å². The molecule has 2 N–H and O–H groups in total. The zero-order valence-electron chi connectivity index (χ0n) is 10.9. The van der Waals surface area contributed by atoms with Gasteiger partial charge in [-0.25, -0.2) is 5.43 Å². The Labute approximate surface area is 113 Å². The van der Waals surface area contributed by atoms with Gasteiger partial charge in [-0.2, -0.15) is 4.68 Å². The molecule has 0 saturated carbocycles. The zero-order chi connectivity index (χ0) is 13.0. The highest BCUT2D eigenvalue weighted by molar-refractivity contribution is 7.71. The summed E-state index contributed by atoms with van der Waals surface area (Å²) < 4.78 is 2.67. The lowest BCUT2D eigenvalue weighted by Gasteiger charge is -2.19. The number of carbonyl (C=O) groups is 1. The number of hydrogen-bond acceptors (Lipinski definition) is 2. The minimum Gasteiger partial charge on any atom is -0.298 e. The molecule has 0 spiro atoms. The average Bonchev–Trinajstić information content (AvgIpc) is 2.40. The van der Waals surface area contributed by atoms with E-state index in [2.05, 4.69) is 18.5 Å². The van der Waals surface area contributed by atoms with Crippen molar-refractivity contribution in [1.29, 1.82) is 0 Å². The number of aldehydes is 1. The predicted molar refractivity (Wildman–Crippen MR) is 74.4 cm³/mol. The van der Waals surface area contributed by atoms with Crippen molar-refractivity contribution in [3.8, 4) is 0 Å². The Kier molecular flexibility index (Phi) is 4.66. The molecule has 0 amide bonds. The van der Waals surface area contributed by atoms with Gasteiger partial charge in [0.2, 0.25) is 0 Å². The van der Waals surface area contributed by atoms with Crippen LogP contribution in [0.3, 0.4) is 0 Å². The molecule has 0 aromatic carbocycles. The van der Waals surface area contributed by atoms with E-state index in [0.717, 1.165) is 37.7 Å². The van der Waals surface area contributed by atoms with E-state index in [1.54, 1.807) is 0 Å². The average molecular weight is 265 g/mol. The van der Waals surface area contributed by atoms with E-state index in [1.807, 2.05) is 4.68 Å². The van der Waals surface area contributed by atoms with Crippen LogP contribution in [-0.2, 0) is 12.8 Å². The lowest BCUT2D eigenvalue weighted by Crippen LogP contribution is -2.88. The van der Waals surface area contributed by atoms with Gasteiger partial charge in [0.15, 0.2) is 10.9 Å². The largest absolute Gasteiger partial charge is 0.298 e. The third kappa shape index (κ3) is 2.70. The fourth-order valence-corrected chi connectivity index (χ4v) is 2.86. The fourth-order valence-electron chi connectivity index (χ4n) is 2.57. The standard InChI is InChI=1S/C14H20N2OS/c1-2-3-8-15-16-9-11-6-4-5-7-12(11)13(10-17)14(16)18/h9-10,15H,2-8H2,1H3/p+1. The lowest BCUT2D eigenvalue weighted by molar-refractivity contribution is -0.711. The van der Waals surface area contributed by atoms with Gasteiger partial charge in [-0.15, -0.1) is 0 Å². The van der Waals surface area contributed by atoms with Crippen LogP contribution in [-0.4, -0.2) is 17.5 Å². The molecule has 1 heterocycles. The van der Waals surface area contributed by atoms with E-state index in [0.29, 0.717) is 4.64 Å². The highest BCUT2D eigenvalue weighted by Gasteiger charge is 2.17. The lowest BCUT2D eigenvalue weighted by atomic mass is 9.90. The molecule has 0 aliphatic heterocycles. The van der Waals surface area contributed by atoms with E-state index in [4.69, 9.17) is 12.2 Å². The van der Waals surface area contributed by atoms with Crippen LogP contribution >= 0.6 is 12.2 Å². The molecule has 3 nitrogen and oxygen atoms in total. The van der Waals surface area contributed by atoms with Gasteiger partial charge in [-0.05, 0) is 43.2 Å². The van der Waals surface area contributed by atoms with Gasteiger partial charge in [-0.3, -0.25) is 4.79 Å². The third-order valence-electron chi connectivity index (χ3n) is 3.60. The number of aryl methyl sites for hydroxylation is 1. The highest BCUT2D eigenvalue weighted by Crippen LogP contribution is 2.23. The molecule has 4 heteroatoms. The van der Waals surface area contributed by atoms with Crippen LogP contribution in [0.2, 0.25) is 0 Å². The summed E-state index contributed by atoms with van der Waals surface area (Å²) in [5.41, 5.74) is 5.37. The monoisotopic (exact) mass is 265 g/mol. The number of pyridine rings is 1. The molecule has 0 fully saturated rings. The number of unbranched alkanes of at least 4 members (excludes halogenated alkanes) is 1. The Morgan fingerprint density at radius 1 is 1.44 bits per heavy atom. The molecule has 0 unspecified atom stereocenters. The van der Waals surface area contributed by atoms with Gasteiger partial charge in [-0.1, -0.05) is 25.6 Å². The summed E-state index contributed by atoms with van der Waals surface area (Å²) in [6.07, 6.45) is 9.89. The number of fused-ring (bicyclic) bond motifs is 1. The first kappa shape index (κ1) is 13.4. The van der Waals surface area contributed by atoms with Crippen LogP contribution in [0.5, 0.6) is 0 Å². The highest BCUT2D eigenvalue weighted by atomic mass is 32.1. The first-order valence-corrected chi connectivity index (χ1v) is 7.24. The van der Waals surface area contributed by atoms with Crippen molar-refractivity contribution in [2.24, 2.45) is 0 Å². The molecule has 2 rings (SSSR count). The topological polar surface area (TPSA) is 38.6 Å². The summed E-state index contributed by atoms with van der Waals surface area (Å²) in [6.45, 7) is 3.19. The van der Waals surface area contributed by atoms with E-state index in [1.165, 1.54) is 30.4 Å².